The maximum atomic E-state index is 12.8. The number of nitrogens with one attached hydrogen (secondary N) is 2. The van der Waals surface area contributed by atoms with Gasteiger partial charge >= 0.3 is 0 Å². The Hall–Kier alpha value is -4.05. The smallest absolute Gasteiger partial charge is 0.262 e. The molecule has 4 N–H and O–H groups in total. The summed E-state index contributed by atoms with van der Waals surface area (Å²) in [6, 6.07) is 17.9. The van der Waals surface area contributed by atoms with Gasteiger partial charge in [-0.1, -0.05) is 30.3 Å². The number of carbonyl (C=O) groups is 2. The Balaban J connectivity index is 1.46. The number of benzene rings is 3. The van der Waals surface area contributed by atoms with Crippen molar-refractivity contribution in [1.82, 2.24) is 5.32 Å². The predicted molar refractivity (Wildman–Crippen MR) is 125 cm³/mol. The Morgan fingerprint density at radius 1 is 0.882 bits per heavy atom. The van der Waals surface area contributed by atoms with Crippen molar-refractivity contribution in [2.45, 2.75) is 17.4 Å². The quantitative estimate of drug-likeness (QED) is 0.474. The van der Waals surface area contributed by atoms with Gasteiger partial charge in [-0.15, -0.1) is 0 Å². The van der Waals surface area contributed by atoms with Gasteiger partial charge in [-0.2, -0.15) is 0 Å². The fourth-order valence-electron chi connectivity index (χ4n) is 3.39. The molecule has 0 saturated carbocycles. The summed E-state index contributed by atoms with van der Waals surface area (Å²) in [4.78, 5) is 24.5. The molecule has 0 saturated heterocycles. The van der Waals surface area contributed by atoms with Crippen LogP contribution < -0.4 is 25.2 Å². The van der Waals surface area contributed by atoms with E-state index in [1.807, 2.05) is 0 Å². The van der Waals surface area contributed by atoms with Crippen molar-refractivity contribution in [3.8, 4) is 11.5 Å². The normalized spacial score (nSPS) is 13.9. The van der Waals surface area contributed by atoms with Gasteiger partial charge in [0.1, 0.15) is 6.04 Å². The molecule has 3 aromatic rings. The number of amides is 2. The number of hydrogen-bond acceptors (Lipinski definition) is 6. The van der Waals surface area contributed by atoms with E-state index >= 15 is 0 Å². The molecule has 9 nitrogen and oxygen atoms in total. The highest BCUT2D eigenvalue weighted by Gasteiger charge is 2.22. The summed E-state index contributed by atoms with van der Waals surface area (Å²) in [5.74, 6) is -0.351. The molecule has 4 rings (SSSR count). The van der Waals surface area contributed by atoms with Crippen LogP contribution in [-0.4, -0.2) is 33.4 Å². The van der Waals surface area contributed by atoms with Gasteiger partial charge in [0.05, 0.1) is 18.1 Å². The molecule has 0 fully saturated rings. The van der Waals surface area contributed by atoms with E-state index in [4.69, 9.17) is 15.2 Å². The summed E-state index contributed by atoms with van der Waals surface area (Å²) in [6.45, 7) is 0.942. The first kappa shape index (κ1) is 23.1. The number of carbonyl (C=O) groups excluding carboxylic acids is 2. The van der Waals surface area contributed by atoms with Gasteiger partial charge in [-0.25, -0.2) is 8.42 Å². The molecule has 1 aliphatic rings. The molecule has 1 unspecified atom stereocenters. The minimum absolute atomic E-state index is 0.0192. The van der Waals surface area contributed by atoms with E-state index < -0.39 is 27.9 Å². The summed E-state index contributed by atoms with van der Waals surface area (Å²) < 4.78 is 39.2. The summed E-state index contributed by atoms with van der Waals surface area (Å²) >= 11 is 0. The van der Waals surface area contributed by atoms with Crippen LogP contribution in [0.3, 0.4) is 0 Å². The number of ether oxygens (including phenoxy) is 2. The molecular weight excluding hydrogens is 458 g/mol. The molecule has 1 aliphatic heterocycles. The zero-order chi connectivity index (χ0) is 24.1. The Morgan fingerprint density at radius 2 is 1.56 bits per heavy atom. The van der Waals surface area contributed by atoms with Gasteiger partial charge in [0.25, 0.3) is 15.9 Å². The van der Waals surface area contributed by atoms with Gasteiger partial charge in [0.15, 0.2) is 11.5 Å². The highest BCUT2D eigenvalue weighted by molar-refractivity contribution is 7.92. The van der Waals surface area contributed by atoms with E-state index in [0.717, 1.165) is 0 Å². The van der Waals surface area contributed by atoms with E-state index in [1.54, 1.807) is 36.4 Å². The number of rotatable bonds is 7. The van der Waals surface area contributed by atoms with Crippen LogP contribution in [0.2, 0.25) is 0 Å². The monoisotopic (exact) mass is 481 g/mol. The van der Waals surface area contributed by atoms with Gasteiger partial charge in [0.2, 0.25) is 5.91 Å². The Morgan fingerprint density at radius 3 is 2.24 bits per heavy atom. The van der Waals surface area contributed by atoms with Gasteiger partial charge < -0.3 is 20.5 Å². The molecule has 0 radical (unpaired) electrons. The van der Waals surface area contributed by atoms with Crippen LogP contribution >= 0.6 is 0 Å². The maximum Gasteiger partial charge on any atom is 0.262 e. The van der Waals surface area contributed by atoms with Crippen LogP contribution in [0, 0.1) is 0 Å². The van der Waals surface area contributed by atoms with Crippen LogP contribution in [-0.2, 0) is 14.8 Å². The molecule has 34 heavy (non-hydrogen) atoms. The minimum Gasteiger partial charge on any atom is -0.490 e. The van der Waals surface area contributed by atoms with Gasteiger partial charge in [0, 0.05) is 23.7 Å². The van der Waals surface area contributed by atoms with Crippen LogP contribution in [0.1, 0.15) is 28.4 Å². The standard InChI is InChI=1S/C24H23N3O6S/c25-23(28)22(16-5-2-1-3-6-16)26-24(29)17-7-9-18(10-8-17)27-34(30,31)19-11-12-20-21(15-19)33-14-4-13-32-20/h1-3,5-12,15,22,27H,4,13-14H2,(H2,25,28)(H,26,29). The third-order valence-electron chi connectivity index (χ3n) is 5.12. The summed E-state index contributed by atoms with van der Waals surface area (Å²) in [7, 11) is -3.91. The lowest BCUT2D eigenvalue weighted by atomic mass is 10.1. The van der Waals surface area contributed by atoms with Crippen molar-refractivity contribution in [1.29, 1.82) is 0 Å². The molecule has 1 heterocycles. The van der Waals surface area contributed by atoms with E-state index in [1.165, 1.54) is 36.4 Å². The Labute approximate surface area is 196 Å². The van der Waals surface area contributed by atoms with Crippen molar-refractivity contribution in [3.63, 3.8) is 0 Å². The third kappa shape index (κ3) is 5.29. The van der Waals surface area contributed by atoms with Crippen molar-refractivity contribution >= 4 is 27.5 Å². The average Bonchev–Trinajstić information content (AvgIpc) is 3.08. The molecule has 2 amide bonds. The number of primary amides is 1. The second-order valence-electron chi connectivity index (χ2n) is 7.56. The second kappa shape index (κ2) is 9.84. The zero-order valence-electron chi connectivity index (χ0n) is 18.1. The van der Waals surface area contributed by atoms with Crippen molar-refractivity contribution in [3.05, 3.63) is 83.9 Å². The molecule has 0 bridgehead atoms. The number of sulfonamides is 1. The molecule has 1 atom stereocenters. The van der Waals surface area contributed by atoms with E-state index in [9.17, 15) is 18.0 Å². The lowest BCUT2D eigenvalue weighted by molar-refractivity contribution is -0.120. The number of nitrogens with two attached hydrogens (primary N) is 1. The summed E-state index contributed by atoms with van der Waals surface area (Å²) in [5.41, 5.74) is 6.51. The van der Waals surface area contributed by atoms with E-state index in [0.29, 0.717) is 36.7 Å². The number of anilines is 1. The zero-order valence-corrected chi connectivity index (χ0v) is 18.9. The third-order valence-corrected chi connectivity index (χ3v) is 6.50. The largest absolute Gasteiger partial charge is 0.490 e. The lowest BCUT2D eigenvalue weighted by Crippen LogP contribution is -2.37. The fraction of sp³-hybridized carbons (Fsp3) is 0.167. The minimum atomic E-state index is -3.91. The average molecular weight is 482 g/mol. The summed E-state index contributed by atoms with van der Waals surface area (Å²) in [5, 5.41) is 2.60. The number of fused-ring (bicyclic) bond motifs is 1. The lowest BCUT2D eigenvalue weighted by Gasteiger charge is -2.16. The van der Waals surface area contributed by atoms with Crippen molar-refractivity contribution in [2.24, 2.45) is 5.73 Å². The predicted octanol–water partition coefficient (Wildman–Crippen LogP) is 2.61. The molecule has 0 aromatic heterocycles. The molecular formula is C24H23N3O6S. The SMILES string of the molecule is NC(=O)C(NC(=O)c1ccc(NS(=O)(=O)c2ccc3c(c2)OCCCO3)cc1)c1ccccc1. The maximum absolute atomic E-state index is 12.8. The van der Waals surface area contributed by atoms with Crippen LogP contribution in [0.5, 0.6) is 11.5 Å². The second-order valence-corrected chi connectivity index (χ2v) is 9.24. The topological polar surface area (TPSA) is 137 Å². The highest BCUT2D eigenvalue weighted by atomic mass is 32.2. The Kier molecular flexibility index (Phi) is 6.69. The fourth-order valence-corrected chi connectivity index (χ4v) is 4.47. The number of hydrogen-bond donors (Lipinski definition) is 3. The Bertz CT molecular complexity index is 1290. The van der Waals surface area contributed by atoms with Crippen molar-refractivity contribution in [2.75, 3.05) is 17.9 Å². The molecule has 0 aliphatic carbocycles. The summed E-state index contributed by atoms with van der Waals surface area (Å²) in [6.07, 6.45) is 0.709. The van der Waals surface area contributed by atoms with Crippen molar-refractivity contribution < 1.29 is 27.5 Å². The molecule has 3 aromatic carbocycles. The molecule has 0 spiro atoms. The first-order chi connectivity index (χ1) is 16.3. The first-order valence-electron chi connectivity index (χ1n) is 10.5. The molecule has 10 heteroatoms. The van der Waals surface area contributed by atoms with Crippen LogP contribution in [0.25, 0.3) is 0 Å². The highest BCUT2D eigenvalue weighted by Crippen LogP contribution is 2.32. The van der Waals surface area contributed by atoms with E-state index in [2.05, 4.69) is 10.0 Å². The van der Waals surface area contributed by atoms with Gasteiger partial charge in [-0.3, -0.25) is 14.3 Å². The first-order valence-corrected chi connectivity index (χ1v) is 12.0. The van der Waals surface area contributed by atoms with E-state index in [-0.39, 0.29) is 16.1 Å². The van der Waals surface area contributed by atoms with Crippen LogP contribution in [0.15, 0.2) is 77.7 Å². The van der Waals surface area contributed by atoms with Crippen LogP contribution in [0.4, 0.5) is 5.69 Å². The molecule has 176 valence electrons. The van der Waals surface area contributed by atoms with Gasteiger partial charge in [-0.05, 0) is 42.0 Å².